The second-order valence-electron chi connectivity index (χ2n) is 4.71. The van der Waals surface area contributed by atoms with Crippen LogP contribution in [0, 0.1) is 0 Å². The first-order valence-corrected chi connectivity index (χ1v) is 6.52. The lowest BCUT2D eigenvalue weighted by Gasteiger charge is -2.08. The van der Waals surface area contributed by atoms with Crippen molar-refractivity contribution < 1.29 is 13.6 Å². The van der Waals surface area contributed by atoms with Gasteiger partial charge in [-0.3, -0.25) is 4.79 Å². The van der Waals surface area contributed by atoms with Crippen LogP contribution in [0.5, 0.6) is 0 Å². The average molecular weight is 290 g/mol. The summed E-state index contributed by atoms with van der Waals surface area (Å²) in [6.45, 7) is 1.00. The van der Waals surface area contributed by atoms with Crippen molar-refractivity contribution in [3.63, 3.8) is 0 Å². The largest absolute Gasteiger partial charge is 0.366 e. The normalized spacial score (nSPS) is 10.8. The summed E-state index contributed by atoms with van der Waals surface area (Å²) in [5.74, 6) is -0.471. The van der Waals surface area contributed by atoms with Crippen LogP contribution in [0.2, 0.25) is 0 Å². The number of rotatable bonds is 6. The monoisotopic (exact) mass is 290 g/mol. The molecule has 0 atom stereocenters. The van der Waals surface area contributed by atoms with E-state index in [-0.39, 0.29) is 5.56 Å². The molecule has 0 radical (unpaired) electrons. The lowest BCUT2D eigenvalue weighted by Crippen LogP contribution is -2.15. The Balaban J connectivity index is 1.94. The van der Waals surface area contributed by atoms with E-state index in [2.05, 4.69) is 5.32 Å². The molecule has 0 spiro atoms. The average Bonchev–Trinajstić information content (AvgIpc) is 2.48. The highest BCUT2D eigenvalue weighted by molar-refractivity contribution is 5.92. The highest BCUT2D eigenvalue weighted by Gasteiger charge is 2.07. The van der Waals surface area contributed by atoms with Crippen molar-refractivity contribution in [3.8, 4) is 0 Å². The van der Waals surface area contributed by atoms with Crippen molar-refractivity contribution in [3.05, 3.63) is 70.8 Å². The third-order valence-electron chi connectivity index (χ3n) is 3.07. The number of nitrogens with one attached hydrogen (secondary N) is 1. The van der Waals surface area contributed by atoms with Gasteiger partial charge in [0.2, 0.25) is 5.91 Å². The number of primary amides is 1. The molecular formula is C16H16F2N2O. The number of hydrogen-bond donors (Lipinski definition) is 2. The summed E-state index contributed by atoms with van der Waals surface area (Å²) in [6, 6.07) is 13.3. The number of nitrogens with two attached hydrogens (primary N) is 1. The maximum atomic E-state index is 12.6. The number of carbonyl (C=O) groups is 1. The van der Waals surface area contributed by atoms with Crippen LogP contribution >= 0.6 is 0 Å². The van der Waals surface area contributed by atoms with Crippen LogP contribution in [0.25, 0.3) is 0 Å². The van der Waals surface area contributed by atoms with Gasteiger partial charge in [0.15, 0.2) is 0 Å². The van der Waals surface area contributed by atoms with Crippen molar-refractivity contribution >= 4 is 5.91 Å². The predicted molar refractivity (Wildman–Crippen MR) is 76.9 cm³/mol. The Morgan fingerprint density at radius 2 is 1.67 bits per heavy atom. The van der Waals surface area contributed by atoms with E-state index in [1.54, 1.807) is 30.3 Å². The van der Waals surface area contributed by atoms with Crippen LogP contribution in [-0.4, -0.2) is 5.91 Å². The molecule has 2 aromatic rings. The summed E-state index contributed by atoms with van der Waals surface area (Å²) in [5, 5.41) is 3.15. The SMILES string of the molecule is NC(=O)c1cccc(CNCc2cccc(C(F)F)c2)c1. The molecule has 1 amide bonds. The van der Waals surface area contributed by atoms with E-state index in [4.69, 9.17) is 5.73 Å². The number of halogens is 2. The Morgan fingerprint density at radius 3 is 2.29 bits per heavy atom. The van der Waals surface area contributed by atoms with Gasteiger partial charge in [0.1, 0.15) is 0 Å². The zero-order valence-corrected chi connectivity index (χ0v) is 11.4. The lowest BCUT2D eigenvalue weighted by atomic mass is 10.1. The summed E-state index contributed by atoms with van der Waals surface area (Å²) >= 11 is 0. The van der Waals surface area contributed by atoms with E-state index in [1.807, 2.05) is 6.07 Å². The van der Waals surface area contributed by atoms with Gasteiger partial charge in [-0.15, -0.1) is 0 Å². The summed E-state index contributed by atoms with van der Waals surface area (Å²) < 4.78 is 25.2. The molecule has 0 aliphatic carbocycles. The van der Waals surface area contributed by atoms with Crippen molar-refractivity contribution in [2.75, 3.05) is 0 Å². The molecule has 0 aliphatic rings. The van der Waals surface area contributed by atoms with Crippen molar-refractivity contribution in [2.24, 2.45) is 5.73 Å². The summed E-state index contributed by atoms with van der Waals surface area (Å²) in [4.78, 5) is 11.1. The van der Waals surface area contributed by atoms with Gasteiger partial charge in [-0.1, -0.05) is 30.3 Å². The molecule has 2 aromatic carbocycles. The maximum Gasteiger partial charge on any atom is 0.263 e. The number of amides is 1. The van der Waals surface area contributed by atoms with Crippen LogP contribution in [-0.2, 0) is 13.1 Å². The van der Waals surface area contributed by atoms with E-state index < -0.39 is 12.3 Å². The van der Waals surface area contributed by atoms with Crippen molar-refractivity contribution in [1.29, 1.82) is 0 Å². The molecule has 0 saturated heterocycles. The second-order valence-corrected chi connectivity index (χ2v) is 4.71. The van der Waals surface area contributed by atoms with Crippen LogP contribution in [0.1, 0.15) is 33.5 Å². The molecule has 0 saturated carbocycles. The maximum absolute atomic E-state index is 12.6. The van der Waals surface area contributed by atoms with Gasteiger partial charge in [0.05, 0.1) is 0 Å². The van der Waals surface area contributed by atoms with E-state index in [1.165, 1.54) is 12.1 Å². The molecule has 3 N–H and O–H groups in total. The molecule has 110 valence electrons. The lowest BCUT2D eigenvalue weighted by molar-refractivity contribution is 0.1000. The number of benzene rings is 2. The first kappa shape index (κ1) is 15.1. The van der Waals surface area contributed by atoms with Gasteiger partial charge in [0.25, 0.3) is 6.43 Å². The topological polar surface area (TPSA) is 55.1 Å². The Morgan fingerprint density at radius 1 is 1.05 bits per heavy atom. The molecule has 0 unspecified atom stereocenters. The van der Waals surface area contributed by atoms with E-state index in [9.17, 15) is 13.6 Å². The molecule has 0 fully saturated rings. The molecule has 21 heavy (non-hydrogen) atoms. The van der Waals surface area contributed by atoms with Crippen molar-refractivity contribution in [1.82, 2.24) is 5.32 Å². The zero-order chi connectivity index (χ0) is 15.2. The Kier molecular flexibility index (Phi) is 5.00. The molecule has 0 heterocycles. The standard InChI is InChI=1S/C16H16F2N2O/c17-15(18)13-5-1-3-11(7-13)9-20-10-12-4-2-6-14(8-12)16(19)21/h1-8,15,20H,9-10H2,(H2,19,21). The zero-order valence-electron chi connectivity index (χ0n) is 11.4. The number of carbonyl (C=O) groups excluding carboxylic acids is 1. The number of hydrogen-bond acceptors (Lipinski definition) is 2. The summed E-state index contributed by atoms with van der Waals surface area (Å²) in [7, 11) is 0. The molecular weight excluding hydrogens is 274 g/mol. The molecule has 0 bridgehead atoms. The minimum Gasteiger partial charge on any atom is -0.366 e. The minimum atomic E-state index is -2.46. The minimum absolute atomic E-state index is 0.0185. The highest BCUT2D eigenvalue weighted by atomic mass is 19.3. The fourth-order valence-corrected chi connectivity index (χ4v) is 2.02. The van der Waals surface area contributed by atoms with E-state index in [0.29, 0.717) is 18.7 Å². The van der Waals surface area contributed by atoms with Gasteiger partial charge in [-0.2, -0.15) is 0 Å². The molecule has 0 aliphatic heterocycles. The van der Waals surface area contributed by atoms with Crippen LogP contribution in [0.3, 0.4) is 0 Å². The Bertz CT molecular complexity index is 629. The molecule has 5 heteroatoms. The third-order valence-corrected chi connectivity index (χ3v) is 3.07. The number of alkyl halides is 2. The predicted octanol–water partition coefficient (Wildman–Crippen LogP) is 3.01. The van der Waals surface area contributed by atoms with Gasteiger partial charge < -0.3 is 11.1 Å². The molecule has 0 aromatic heterocycles. The Hall–Kier alpha value is -2.27. The van der Waals surface area contributed by atoms with E-state index >= 15 is 0 Å². The molecule has 2 rings (SSSR count). The van der Waals surface area contributed by atoms with Gasteiger partial charge in [0, 0.05) is 24.2 Å². The van der Waals surface area contributed by atoms with Crippen LogP contribution < -0.4 is 11.1 Å². The summed E-state index contributed by atoms with van der Waals surface area (Å²) in [5.41, 5.74) is 7.39. The van der Waals surface area contributed by atoms with Gasteiger partial charge >= 0.3 is 0 Å². The van der Waals surface area contributed by atoms with E-state index in [0.717, 1.165) is 11.1 Å². The van der Waals surface area contributed by atoms with Gasteiger partial charge in [-0.05, 0) is 29.3 Å². The summed E-state index contributed by atoms with van der Waals surface area (Å²) in [6.07, 6.45) is -2.46. The first-order valence-electron chi connectivity index (χ1n) is 6.52. The molecule has 3 nitrogen and oxygen atoms in total. The highest BCUT2D eigenvalue weighted by Crippen LogP contribution is 2.19. The third kappa shape index (κ3) is 4.36. The fourth-order valence-electron chi connectivity index (χ4n) is 2.02. The van der Waals surface area contributed by atoms with Gasteiger partial charge in [-0.25, -0.2) is 8.78 Å². The quantitative estimate of drug-likeness (QED) is 0.859. The van der Waals surface area contributed by atoms with Crippen LogP contribution in [0.4, 0.5) is 8.78 Å². The smallest absolute Gasteiger partial charge is 0.263 e. The van der Waals surface area contributed by atoms with Crippen molar-refractivity contribution in [2.45, 2.75) is 19.5 Å². The first-order chi connectivity index (χ1) is 10.1. The Labute approximate surface area is 121 Å². The van der Waals surface area contributed by atoms with Crippen LogP contribution in [0.15, 0.2) is 48.5 Å². The fraction of sp³-hybridized carbons (Fsp3) is 0.188. The second kappa shape index (κ2) is 6.95.